The largest absolute Gasteiger partial charge is 0.456 e. The number of nitrogens with zero attached hydrogens (tertiary/aromatic N) is 4. The van der Waals surface area contributed by atoms with E-state index >= 15 is 0 Å². The van der Waals surface area contributed by atoms with Crippen molar-refractivity contribution < 1.29 is 22.7 Å². The Balaban J connectivity index is 1.43. The Morgan fingerprint density at radius 1 is 1.26 bits per heavy atom. The topological polar surface area (TPSA) is 83.7 Å². The second-order valence-electron chi connectivity index (χ2n) is 8.47. The van der Waals surface area contributed by atoms with Crippen molar-refractivity contribution in [2.24, 2.45) is 5.41 Å². The number of rotatable bonds is 7. The monoisotopic (exact) mass is 493 g/mol. The summed E-state index contributed by atoms with van der Waals surface area (Å²) < 4.78 is 38.8. The highest BCUT2D eigenvalue weighted by atomic mass is 35.5. The summed E-state index contributed by atoms with van der Waals surface area (Å²) in [5.41, 5.74) is 3.52. The fourth-order valence-corrected chi connectivity index (χ4v) is 4.40. The predicted molar refractivity (Wildman–Crippen MR) is 121 cm³/mol. The summed E-state index contributed by atoms with van der Waals surface area (Å²) in [6.07, 6.45) is 2.17. The molecule has 0 unspecified atom stereocenters. The molecule has 2 aromatic rings. The van der Waals surface area contributed by atoms with Gasteiger partial charge in [-0.15, -0.1) is 10.2 Å². The minimum atomic E-state index is -2.44. The first-order valence-electron chi connectivity index (χ1n) is 10.9. The number of aromatic nitrogens is 2. The number of carbonyl (C=O) groups excluding carboxylic acids is 1. The van der Waals surface area contributed by atoms with Crippen LogP contribution in [0.4, 0.5) is 8.78 Å². The van der Waals surface area contributed by atoms with E-state index in [0.717, 1.165) is 11.4 Å². The molecule has 0 saturated carbocycles. The zero-order valence-electron chi connectivity index (χ0n) is 18.9. The molecule has 11 heteroatoms. The van der Waals surface area contributed by atoms with Crippen LogP contribution in [-0.2, 0) is 22.6 Å². The summed E-state index contributed by atoms with van der Waals surface area (Å²) in [6.45, 7) is 2.17. The van der Waals surface area contributed by atoms with Gasteiger partial charge in [-0.05, 0) is 43.0 Å². The molecule has 2 aliphatic heterocycles. The van der Waals surface area contributed by atoms with Crippen LogP contribution < -0.4 is 5.43 Å². The van der Waals surface area contributed by atoms with Gasteiger partial charge < -0.3 is 14.1 Å². The summed E-state index contributed by atoms with van der Waals surface area (Å²) in [6, 6.07) is 7.19. The Labute approximate surface area is 201 Å². The summed E-state index contributed by atoms with van der Waals surface area (Å²) in [5.74, 6) is 0.813. The van der Waals surface area contributed by atoms with Gasteiger partial charge in [-0.25, -0.2) is 8.78 Å². The summed E-state index contributed by atoms with van der Waals surface area (Å²) in [4.78, 5) is 13.0. The Hall–Kier alpha value is -3.14. The lowest BCUT2D eigenvalue weighted by Crippen LogP contribution is -2.49. The lowest BCUT2D eigenvalue weighted by atomic mass is 9.74. The number of hydrogen-bond donors (Lipinski definition) is 1. The molecule has 3 heterocycles. The average molecular weight is 494 g/mol. The molecule has 0 bridgehead atoms. The molecule has 2 aliphatic rings. The van der Waals surface area contributed by atoms with Crippen LogP contribution in [0.25, 0.3) is 5.70 Å². The number of hydrogen-bond acceptors (Lipinski definition) is 8. The number of benzene rings is 1. The highest BCUT2D eigenvalue weighted by Crippen LogP contribution is 2.42. The molecule has 182 valence electrons. The van der Waals surface area contributed by atoms with Crippen molar-refractivity contribution in [2.75, 3.05) is 20.1 Å². The number of carbonyl (C=O) groups is 1. The molecular weight excluding hydrogens is 468 g/mol. The third-order valence-electron chi connectivity index (χ3n) is 6.19. The number of ether oxygens (including phenoxy) is 1. The fraction of sp³-hybridized carbons (Fsp3) is 0.435. The van der Waals surface area contributed by atoms with Crippen LogP contribution in [0.1, 0.15) is 37.1 Å². The van der Waals surface area contributed by atoms with Crippen molar-refractivity contribution >= 4 is 23.3 Å². The van der Waals surface area contributed by atoms with E-state index in [1.54, 1.807) is 24.2 Å². The standard InChI is InChI=1S/C23H26ClF2N5O3/c1-15(32)33-14-20-27-28-21(34-20)18-7-8-19(29-30(18)2)31-11-9-23(10-12-31,22(25)26)13-16-5-3-4-6-17(16)24/h3-8,22,29H,9-14H2,1-2H3. The van der Waals surface area contributed by atoms with Crippen LogP contribution in [0.3, 0.4) is 0 Å². The van der Waals surface area contributed by atoms with Gasteiger partial charge in [0.15, 0.2) is 6.61 Å². The number of nitrogens with one attached hydrogen (secondary N) is 1. The van der Waals surface area contributed by atoms with Crippen LogP contribution in [0, 0.1) is 5.41 Å². The fourth-order valence-electron chi connectivity index (χ4n) is 4.19. The minimum absolute atomic E-state index is 0.0955. The third kappa shape index (κ3) is 5.16. The molecule has 8 nitrogen and oxygen atoms in total. The SMILES string of the molecule is CC(=O)OCc1nnc(C2=CC=C(N3CCC(Cc4ccccc4Cl)(C(F)F)CC3)NN2C)o1. The van der Waals surface area contributed by atoms with Gasteiger partial charge in [0.2, 0.25) is 6.43 Å². The highest BCUT2D eigenvalue weighted by Gasteiger charge is 2.43. The van der Waals surface area contributed by atoms with Gasteiger partial charge in [0.25, 0.3) is 11.8 Å². The van der Waals surface area contributed by atoms with E-state index in [-0.39, 0.29) is 24.8 Å². The molecule has 0 aliphatic carbocycles. The van der Waals surface area contributed by atoms with Crippen LogP contribution in [-0.4, -0.2) is 52.6 Å². The van der Waals surface area contributed by atoms with E-state index in [1.165, 1.54) is 6.92 Å². The van der Waals surface area contributed by atoms with Gasteiger partial charge in [-0.3, -0.25) is 15.2 Å². The molecular formula is C23H26ClF2N5O3. The van der Waals surface area contributed by atoms with Crippen LogP contribution in [0.5, 0.6) is 0 Å². The first-order valence-corrected chi connectivity index (χ1v) is 11.3. The Kier molecular flexibility index (Phi) is 7.06. The predicted octanol–water partition coefficient (Wildman–Crippen LogP) is 4.01. The Morgan fingerprint density at radius 3 is 2.65 bits per heavy atom. The zero-order chi connectivity index (χ0) is 24.3. The first kappa shape index (κ1) is 24.0. The summed E-state index contributed by atoms with van der Waals surface area (Å²) >= 11 is 6.25. The summed E-state index contributed by atoms with van der Waals surface area (Å²) in [7, 11) is 1.79. The van der Waals surface area contributed by atoms with E-state index < -0.39 is 17.8 Å². The Morgan fingerprint density at radius 2 is 2.00 bits per heavy atom. The number of hydrazine groups is 1. The van der Waals surface area contributed by atoms with E-state index in [1.807, 2.05) is 24.3 Å². The smallest absolute Gasteiger partial charge is 0.303 e. The molecule has 0 spiro atoms. The van der Waals surface area contributed by atoms with Gasteiger partial charge in [0.1, 0.15) is 11.5 Å². The van der Waals surface area contributed by atoms with Crippen molar-refractivity contribution in [1.29, 1.82) is 0 Å². The molecule has 0 amide bonds. The van der Waals surface area contributed by atoms with Crippen LogP contribution >= 0.6 is 11.6 Å². The van der Waals surface area contributed by atoms with Crippen molar-refractivity contribution in [3.63, 3.8) is 0 Å². The maximum absolute atomic E-state index is 14.2. The van der Waals surface area contributed by atoms with E-state index in [2.05, 4.69) is 20.5 Å². The number of alkyl halides is 2. The molecule has 0 atom stereocenters. The third-order valence-corrected chi connectivity index (χ3v) is 6.56. The van der Waals surface area contributed by atoms with Crippen molar-refractivity contribution in [3.8, 4) is 0 Å². The van der Waals surface area contributed by atoms with Gasteiger partial charge in [-0.2, -0.15) is 0 Å². The minimum Gasteiger partial charge on any atom is -0.456 e. The number of halogens is 3. The maximum Gasteiger partial charge on any atom is 0.303 e. The first-order chi connectivity index (χ1) is 16.3. The second kappa shape index (κ2) is 10.0. The average Bonchev–Trinajstić information content (AvgIpc) is 3.28. The maximum atomic E-state index is 14.2. The summed E-state index contributed by atoms with van der Waals surface area (Å²) in [5, 5.41) is 10.1. The molecule has 1 aromatic heterocycles. The number of piperidine rings is 1. The van der Waals surface area contributed by atoms with Crippen LogP contribution in [0.2, 0.25) is 5.02 Å². The van der Waals surface area contributed by atoms with Gasteiger partial charge in [0.05, 0.1) is 0 Å². The number of allylic oxidation sites excluding steroid dienone is 2. The van der Waals surface area contributed by atoms with E-state index in [0.29, 0.717) is 36.7 Å². The quantitative estimate of drug-likeness (QED) is 0.579. The lowest BCUT2D eigenvalue weighted by Gasteiger charge is -2.44. The molecule has 1 saturated heterocycles. The van der Waals surface area contributed by atoms with E-state index in [9.17, 15) is 13.6 Å². The second-order valence-corrected chi connectivity index (χ2v) is 8.88. The van der Waals surface area contributed by atoms with Gasteiger partial charge in [0, 0.05) is 37.5 Å². The molecule has 4 rings (SSSR count). The van der Waals surface area contributed by atoms with E-state index in [4.69, 9.17) is 20.8 Å². The van der Waals surface area contributed by atoms with Gasteiger partial charge in [-0.1, -0.05) is 29.8 Å². The molecule has 1 fully saturated rings. The van der Waals surface area contributed by atoms with Gasteiger partial charge >= 0.3 is 5.97 Å². The lowest BCUT2D eigenvalue weighted by molar-refractivity contribution is -0.142. The highest BCUT2D eigenvalue weighted by molar-refractivity contribution is 6.31. The normalized spacial score (nSPS) is 17.8. The molecule has 34 heavy (non-hydrogen) atoms. The molecule has 1 aromatic carbocycles. The number of esters is 1. The van der Waals surface area contributed by atoms with Crippen molar-refractivity contribution in [1.82, 2.24) is 25.5 Å². The number of likely N-dealkylation sites (tertiary alicyclic amines) is 1. The molecule has 1 N–H and O–H groups in total. The zero-order valence-corrected chi connectivity index (χ0v) is 19.7. The molecule has 0 radical (unpaired) electrons. The Bertz CT molecular complexity index is 1100. The van der Waals surface area contributed by atoms with Crippen LogP contribution in [0.15, 0.2) is 46.7 Å². The van der Waals surface area contributed by atoms with Crippen molar-refractivity contribution in [2.45, 2.75) is 39.2 Å². The van der Waals surface area contributed by atoms with Crippen molar-refractivity contribution in [3.05, 3.63) is 64.6 Å².